The van der Waals surface area contributed by atoms with Crippen LogP contribution >= 0.6 is 15.9 Å². The van der Waals surface area contributed by atoms with Gasteiger partial charge in [0.1, 0.15) is 23.7 Å². The molecule has 1 aliphatic heterocycles. The first-order chi connectivity index (χ1) is 18.8. The summed E-state index contributed by atoms with van der Waals surface area (Å²) in [6, 6.07) is 8.52. The highest BCUT2D eigenvalue weighted by atomic mass is 79.9. The maximum absolute atomic E-state index is 14.5. The van der Waals surface area contributed by atoms with Gasteiger partial charge in [-0.25, -0.2) is 14.4 Å². The van der Waals surface area contributed by atoms with Crippen molar-refractivity contribution >= 4 is 55.8 Å². The summed E-state index contributed by atoms with van der Waals surface area (Å²) in [4.78, 5) is 33.7. The molecule has 39 heavy (non-hydrogen) atoms. The van der Waals surface area contributed by atoms with Gasteiger partial charge in [0.15, 0.2) is 0 Å². The molecule has 9 nitrogen and oxygen atoms in total. The predicted octanol–water partition coefficient (Wildman–Crippen LogP) is 5.02. The van der Waals surface area contributed by atoms with Crippen molar-refractivity contribution in [2.24, 2.45) is 5.92 Å². The van der Waals surface area contributed by atoms with Crippen molar-refractivity contribution in [3.63, 3.8) is 0 Å². The van der Waals surface area contributed by atoms with Crippen molar-refractivity contribution in [1.29, 1.82) is 0 Å². The molecule has 0 radical (unpaired) electrons. The Balaban J connectivity index is 1.54. The quantitative estimate of drug-likeness (QED) is 0.210. The number of hydrogen-bond donors (Lipinski definition) is 3. The summed E-state index contributed by atoms with van der Waals surface area (Å²) in [5.74, 6) is 0.922. The minimum atomic E-state index is -0.410. The van der Waals surface area contributed by atoms with Gasteiger partial charge in [0.2, 0.25) is 11.8 Å². The molecule has 0 saturated carbocycles. The first-order valence-electron chi connectivity index (χ1n) is 12.9. The minimum Gasteiger partial charge on any atom is -0.491 e. The van der Waals surface area contributed by atoms with Crippen LogP contribution in [-0.2, 0) is 9.59 Å². The molecule has 0 aliphatic carbocycles. The average Bonchev–Trinajstić information content (AvgIpc) is 2.93. The molecule has 1 aromatic heterocycles. The van der Waals surface area contributed by atoms with Crippen LogP contribution in [0.4, 0.5) is 21.6 Å². The molecule has 4 rings (SSSR count). The lowest BCUT2D eigenvalue weighted by Crippen LogP contribution is -2.38. The van der Waals surface area contributed by atoms with E-state index in [1.807, 2.05) is 17.0 Å². The number of halogens is 2. The highest BCUT2D eigenvalue weighted by molar-refractivity contribution is 9.10. The highest BCUT2D eigenvalue weighted by Crippen LogP contribution is 2.34. The Kier molecular flexibility index (Phi) is 9.69. The van der Waals surface area contributed by atoms with Gasteiger partial charge in [-0.2, -0.15) is 0 Å². The molecule has 1 fully saturated rings. The van der Waals surface area contributed by atoms with Crippen LogP contribution in [0, 0.1) is 11.7 Å². The number of nitrogens with one attached hydrogen (secondary N) is 3. The largest absolute Gasteiger partial charge is 0.491 e. The van der Waals surface area contributed by atoms with E-state index in [2.05, 4.69) is 48.4 Å². The van der Waals surface area contributed by atoms with Crippen LogP contribution in [0.2, 0.25) is 0 Å². The Bertz CT molecular complexity index is 1350. The molecule has 1 saturated heterocycles. The fraction of sp³-hybridized carbons (Fsp3) is 0.357. The van der Waals surface area contributed by atoms with Gasteiger partial charge >= 0.3 is 0 Å². The Morgan fingerprint density at radius 3 is 2.69 bits per heavy atom. The summed E-state index contributed by atoms with van der Waals surface area (Å²) in [7, 11) is 0. The zero-order valence-corrected chi connectivity index (χ0v) is 23.4. The molecular weight excluding hydrogens is 567 g/mol. The van der Waals surface area contributed by atoms with Crippen LogP contribution < -0.4 is 20.7 Å². The van der Waals surface area contributed by atoms with E-state index in [1.54, 1.807) is 19.1 Å². The van der Waals surface area contributed by atoms with E-state index in [4.69, 9.17) is 4.74 Å². The molecule has 0 unspecified atom stereocenters. The Morgan fingerprint density at radius 1 is 1.18 bits per heavy atom. The third kappa shape index (κ3) is 7.66. The molecule has 1 aliphatic rings. The number of amides is 2. The molecule has 2 heterocycles. The summed E-state index contributed by atoms with van der Waals surface area (Å²) in [5.41, 5.74) is 1.69. The summed E-state index contributed by atoms with van der Waals surface area (Å²) < 4.78 is 21.5. The zero-order chi connectivity index (χ0) is 27.8. The monoisotopic (exact) mass is 598 g/mol. The highest BCUT2D eigenvalue weighted by Gasteiger charge is 2.22. The molecule has 206 valence electrons. The molecule has 0 bridgehead atoms. The lowest BCUT2D eigenvalue weighted by atomic mass is 9.98. The second-order valence-corrected chi connectivity index (χ2v) is 10.3. The number of carbonyl (C=O) groups is 2. The van der Waals surface area contributed by atoms with E-state index in [9.17, 15) is 14.0 Å². The Labute approximate surface area is 235 Å². The van der Waals surface area contributed by atoms with Gasteiger partial charge in [-0.1, -0.05) is 22.5 Å². The van der Waals surface area contributed by atoms with Gasteiger partial charge in [0.25, 0.3) is 0 Å². The van der Waals surface area contributed by atoms with Crippen molar-refractivity contribution in [2.45, 2.75) is 26.2 Å². The lowest BCUT2D eigenvalue weighted by molar-refractivity contribution is -0.130. The number of anilines is 3. The number of piperidine rings is 1. The third-order valence-electron chi connectivity index (χ3n) is 6.61. The van der Waals surface area contributed by atoms with Gasteiger partial charge in [0, 0.05) is 49.0 Å². The smallest absolute Gasteiger partial charge is 0.243 e. The standard InChI is InChI=1S/C28H32BrFN6O3/c1-3-27(38)32-10-4-9-31-25-14-21-24(15-26(25)39-16-19-7-11-36(12-8-19)18(2)37)33-17-34-28(21)35-23-6-5-20(29)13-22(23)30/h3,5-6,13-15,17,19,31H,1,4,7-12,16H2,2H3,(H,32,38)(H,33,34,35). The van der Waals surface area contributed by atoms with Crippen LogP contribution in [0.15, 0.2) is 53.8 Å². The fourth-order valence-corrected chi connectivity index (χ4v) is 4.71. The van der Waals surface area contributed by atoms with Crippen LogP contribution in [0.5, 0.6) is 5.75 Å². The molecule has 3 aromatic rings. The number of benzene rings is 2. The van der Waals surface area contributed by atoms with E-state index in [-0.39, 0.29) is 11.8 Å². The van der Waals surface area contributed by atoms with Gasteiger partial charge in [-0.3, -0.25) is 9.59 Å². The number of nitrogens with zero attached hydrogens (tertiary/aromatic N) is 3. The molecular formula is C28H32BrFN6O3. The fourth-order valence-electron chi connectivity index (χ4n) is 4.38. The van der Waals surface area contributed by atoms with Crippen LogP contribution in [0.3, 0.4) is 0 Å². The number of carbonyl (C=O) groups excluding carboxylic acids is 2. The van der Waals surface area contributed by atoms with Crippen LogP contribution in [0.1, 0.15) is 26.2 Å². The predicted molar refractivity (Wildman–Crippen MR) is 154 cm³/mol. The topological polar surface area (TPSA) is 108 Å². The number of fused-ring (bicyclic) bond motifs is 1. The van der Waals surface area contributed by atoms with Crippen molar-refractivity contribution in [2.75, 3.05) is 43.4 Å². The molecule has 11 heteroatoms. The van der Waals surface area contributed by atoms with Crippen molar-refractivity contribution in [3.8, 4) is 5.75 Å². The minimum absolute atomic E-state index is 0.103. The summed E-state index contributed by atoms with van der Waals surface area (Å²) in [6.45, 7) is 8.12. The number of hydrogen-bond acceptors (Lipinski definition) is 7. The SMILES string of the molecule is C=CC(=O)NCCCNc1cc2c(Nc3ccc(Br)cc3F)ncnc2cc1OCC1CCN(C(C)=O)CC1. The first kappa shape index (κ1) is 28.3. The van der Waals surface area contributed by atoms with Crippen molar-refractivity contribution in [3.05, 3.63) is 59.6 Å². The van der Waals surface area contributed by atoms with Crippen LogP contribution in [-0.4, -0.2) is 59.5 Å². The summed E-state index contributed by atoms with van der Waals surface area (Å²) in [6.07, 6.45) is 5.12. The number of ether oxygens (including phenoxy) is 1. The third-order valence-corrected chi connectivity index (χ3v) is 7.10. The van der Waals surface area contributed by atoms with E-state index in [1.165, 1.54) is 18.5 Å². The molecule has 2 aromatic carbocycles. The normalized spacial score (nSPS) is 13.7. The zero-order valence-electron chi connectivity index (χ0n) is 21.8. The molecule has 3 N–H and O–H groups in total. The second kappa shape index (κ2) is 13.4. The maximum Gasteiger partial charge on any atom is 0.243 e. The van der Waals surface area contributed by atoms with Gasteiger partial charge in [0.05, 0.1) is 23.5 Å². The van der Waals surface area contributed by atoms with Crippen molar-refractivity contribution < 1.29 is 18.7 Å². The van der Waals surface area contributed by atoms with Crippen molar-refractivity contribution in [1.82, 2.24) is 20.2 Å². The van der Waals surface area contributed by atoms with E-state index in [0.29, 0.717) is 64.7 Å². The molecule has 0 spiro atoms. The van der Waals surface area contributed by atoms with E-state index < -0.39 is 5.82 Å². The Morgan fingerprint density at radius 2 is 1.97 bits per heavy atom. The molecule has 2 amide bonds. The number of likely N-dealkylation sites (tertiary alicyclic amines) is 1. The van der Waals surface area contributed by atoms with Crippen LogP contribution in [0.25, 0.3) is 10.9 Å². The summed E-state index contributed by atoms with van der Waals surface area (Å²) in [5, 5.41) is 9.94. The molecule has 0 atom stereocenters. The van der Waals surface area contributed by atoms with E-state index >= 15 is 0 Å². The average molecular weight is 600 g/mol. The Hall–Kier alpha value is -3.73. The van der Waals surface area contributed by atoms with Gasteiger partial charge in [-0.15, -0.1) is 0 Å². The lowest BCUT2D eigenvalue weighted by Gasteiger charge is -2.31. The number of rotatable bonds is 11. The number of aromatic nitrogens is 2. The first-order valence-corrected chi connectivity index (χ1v) is 13.7. The van der Waals surface area contributed by atoms with Gasteiger partial charge < -0.3 is 25.6 Å². The second-order valence-electron chi connectivity index (χ2n) is 9.37. The summed E-state index contributed by atoms with van der Waals surface area (Å²) >= 11 is 3.28. The van der Waals surface area contributed by atoms with Gasteiger partial charge in [-0.05, 0) is 55.5 Å². The maximum atomic E-state index is 14.5. The van der Waals surface area contributed by atoms with E-state index in [0.717, 1.165) is 31.6 Å².